The van der Waals surface area contributed by atoms with Crippen LogP contribution < -0.4 is 5.73 Å². The minimum Gasteiger partial charge on any atom is -0.392 e. The minimum atomic E-state index is -0.123. The van der Waals surface area contributed by atoms with E-state index < -0.39 is 0 Å². The summed E-state index contributed by atoms with van der Waals surface area (Å²) in [6, 6.07) is 0.222. The summed E-state index contributed by atoms with van der Waals surface area (Å²) >= 11 is 0. The third-order valence-corrected chi connectivity index (χ3v) is 2.03. The average molecular weight is 158 g/mol. The Morgan fingerprint density at radius 3 is 3.00 bits per heavy atom. The number of aliphatic hydroxyl groups is 1. The van der Waals surface area contributed by atoms with Gasteiger partial charge in [-0.25, -0.2) is 0 Å². The van der Waals surface area contributed by atoms with Crippen LogP contribution in [0.5, 0.6) is 0 Å². The van der Waals surface area contributed by atoms with Crippen LogP contribution in [0.3, 0.4) is 0 Å². The number of nitrogens with two attached hydrogens (primary N) is 1. The number of hydrogen-bond donors (Lipinski definition) is 2. The zero-order chi connectivity index (χ0) is 8.27. The van der Waals surface area contributed by atoms with Crippen molar-refractivity contribution in [2.75, 3.05) is 19.6 Å². The van der Waals surface area contributed by atoms with Gasteiger partial charge < -0.3 is 10.8 Å². The molecule has 0 saturated carbocycles. The fourth-order valence-electron chi connectivity index (χ4n) is 1.60. The molecule has 2 atom stereocenters. The van der Waals surface area contributed by atoms with Crippen molar-refractivity contribution in [3.05, 3.63) is 0 Å². The van der Waals surface area contributed by atoms with E-state index in [1.807, 2.05) is 6.92 Å². The molecule has 0 bridgehead atoms. The predicted octanol–water partition coefficient (Wildman–Crippen LogP) is -0.210. The fraction of sp³-hybridized carbons (Fsp3) is 1.00. The fourth-order valence-corrected chi connectivity index (χ4v) is 1.60. The molecule has 0 aliphatic carbocycles. The maximum Gasteiger partial charge on any atom is 0.0667 e. The summed E-state index contributed by atoms with van der Waals surface area (Å²) < 4.78 is 0. The number of likely N-dealkylation sites (tertiary alicyclic amines) is 1. The summed E-state index contributed by atoms with van der Waals surface area (Å²) in [6.45, 7) is 4.82. The van der Waals surface area contributed by atoms with E-state index in [-0.39, 0.29) is 12.1 Å². The van der Waals surface area contributed by atoms with E-state index in [0.29, 0.717) is 0 Å². The van der Waals surface area contributed by atoms with Crippen molar-refractivity contribution < 1.29 is 5.11 Å². The molecule has 3 nitrogen and oxygen atoms in total. The van der Waals surface area contributed by atoms with Gasteiger partial charge in [-0.3, -0.25) is 4.90 Å². The summed E-state index contributed by atoms with van der Waals surface area (Å²) in [5, 5.41) is 9.31. The molecule has 3 N–H and O–H groups in total. The molecule has 1 heterocycles. The number of piperidine rings is 1. The first-order valence-electron chi connectivity index (χ1n) is 4.34. The van der Waals surface area contributed by atoms with Crippen LogP contribution in [0.25, 0.3) is 0 Å². The molecule has 1 aliphatic heterocycles. The van der Waals surface area contributed by atoms with Gasteiger partial charge in [0.05, 0.1) is 6.10 Å². The van der Waals surface area contributed by atoms with Crippen LogP contribution in [-0.4, -0.2) is 41.8 Å². The van der Waals surface area contributed by atoms with E-state index in [0.717, 1.165) is 32.5 Å². The highest BCUT2D eigenvalue weighted by Crippen LogP contribution is 2.09. The molecule has 0 aromatic carbocycles. The van der Waals surface area contributed by atoms with Gasteiger partial charge in [0.25, 0.3) is 0 Å². The number of hydrogen-bond acceptors (Lipinski definition) is 3. The normalized spacial score (nSPS) is 30.3. The topological polar surface area (TPSA) is 49.5 Å². The molecule has 3 heteroatoms. The SMILES string of the molecule is C[C@H](N)CN1CCC[C@H](O)C1. The van der Waals surface area contributed by atoms with Gasteiger partial charge in [-0.15, -0.1) is 0 Å². The summed E-state index contributed by atoms with van der Waals surface area (Å²) in [5.41, 5.74) is 5.65. The van der Waals surface area contributed by atoms with Crippen LogP contribution >= 0.6 is 0 Å². The third kappa shape index (κ3) is 3.18. The first-order valence-corrected chi connectivity index (χ1v) is 4.34. The standard InChI is InChI=1S/C8H18N2O/c1-7(9)5-10-4-2-3-8(11)6-10/h7-8,11H,2-6,9H2,1H3/t7-,8-/m0/s1. The first kappa shape index (κ1) is 8.97. The van der Waals surface area contributed by atoms with Gasteiger partial charge in [-0.2, -0.15) is 0 Å². The van der Waals surface area contributed by atoms with Crippen molar-refractivity contribution in [2.24, 2.45) is 5.73 Å². The lowest BCUT2D eigenvalue weighted by Gasteiger charge is -2.30. The monoisotopic (exact) mass is 158 g/mol. The molecule has 0 amide bonds. The minimum absolute atomic E-state index is 0.123. The van der Waals surface area contributed by atoms with E-state index in [1.165, 1.54) is 0 Å². The lowest BCUT2D eigenvalue weighted by Crippen LogP contribution is -2.43. The summed E-state index contributed by atoms with van der Waals surface area (Å²) in [4.78, 5) is 2.23. The second kappa shape index (κ2) is 4.04. The highest BCUT2D eigenvalue weighted by molar-refractivity contribution is 4.73. The lowest BCUT2D eigenvalue weighted by atomic mass is 10.1. The van der Waals surface area contributed by atoms with Gasteiger partial charge in [0.1, 0.15) is 0 Å². The summed E-state index contributed by atoms with van der Waals surface area (Å²) in [5.74, 6) is 0. The van der Waals surface area contributed by atoms with Gasteiger partial charge in [-0.1, -0.05) is 0 Å². The molecular formula is C8H18N2O. The van der Waals surface area contributed by atoms with Crippen molar-refractivity contribution >= 4 is 0 Å². The Morgan fingerprint density at radius 2 is 2.45 bits per heavy atom. The van der Waals surface area contributed by atoms with Crippen LogP contribution in [0.2, 0.25) is 0 Å². The van der Waals surface area contributed by atoms with E-state index in [1.54, 1.807) is 0 Å². The number of rotatable bonds is 2. The van der Waals surface area contributed by atoms with Crippen LogP contribution in [0.1, 0.15) is 19.8 Å². The Labute approximate surface area is 68.2 Å². The number of nitrogens with zero attached hydrogens (tertiary/aromatic N) is 1. The molecule has 66 valence electrons. The summed E-state index contributed by atoms with van der Waals surface area (Å²) in [7, 11) is 0. The van der Waals surface area contributed by atoms with Gasteiger partial charge in [0.2, 0.25) is 0 Å². The predicted molar refractivity (Wildman–Crippen MR) is 45.3 cm³/mol. The van der Waals surface area contributed by atoms with Crippen molar-refractivity contribution in [3.63, 3.8) is 0 Å². The van der Waals surface area contributed by atoms with Gasteiger partial charge in [-0.05, 0) is 26.3 Å². The molecule has 1 fully saturated rings. The Morgan fingerprint density at radius 1 is 1.73 bits per heavy atom. The number of β-amino-alcohol motifs (C(OH)–C–C–N with tert-alkyl or cyclic N) is 1. The van der Waals surface area contributed by atoms with E-state index in [2.05, 4.69) is 4.90 Å². The molecule has 0 aromatic heterocycles. The molecule has 0 radical (unpaired) electrons. The van der Waals surface area contributed by atoms with Gasteiger partial charge in [0.15, 0.2) is 0 Å². The molecule has 1 rings (SSSR count). The lowest BCUT2D eigenvalue weighted by molar-refractivity contribution is 0.0685. The molecule has 0 aromatic rings. The van der Waals surface area contributed by atoms with Gasteiger partial charge in [0, 0.05) is 19.1 Å². The Kier molecular flexibility index (Phi) is 3.30. The van der Waals surface area contributed by atoms with Crippen LogP contribution in [-0.2, 0) is 0 Å². The quantitative estimate of drug-likeness (QED) is 0.584. The van der Waals surface area contributed by atoms with Crippen molar-refractivity contribution in [1.82, 2.24) is 4.90 Å². The Balaban J connectivity index is 2.23. The van der Waals surface area contributed by atoms with Gasteiger partial charge >= 0.3 is 0 Å². The third-order valence-electron chi connectivity index (χ3n) is 2.03. The second-order valence-corrected chi connectivity index (χ2v) is 3.53. The second-order valence-electron chi connectivity index (χ2n) is 3.53. The molecule has 11 heavy (non-hydrogen) atoms. The van der Waals surface area contributed by atoms with Crippen LogP contribution in [0.15, 0.2) is 0 Å². The first-order chi connectivity index (χ1) is 5.18. The zero-order valence-corrected chi connectivity index (χ0v) is 7.16. The Hall–Kier alpha value is -0.120. The molecule has 1 saturated heterocycles. The maximum absolute atomic E-state index is 9.31. The molecular weight excluding hydrogens is 140 g/mol. The van der Waals surface area contributed by atoms with E-state index in [4.69, 9.17) is 5.73 Å². The maximum atomic E-state index is 9.31. The zero-order valence-electron chi connectivity index (χ0n) is 7.16. The van der Waals surface area contributed by atoms with Crippen molar-refractivity contribution in [3.8, 4) is 0 Å². The smallest absolute Gasteiger partial charge is 0.0667 e. The molecule has 0 spiro atoms. The largest absolute Gasteiger partial charge is 0.392 e. The van der Waals surface area contributed by atoms with Crippen LogP contribution in [0.4, 0.5) is 0 Å². The summed E-state index contributed by atoms with van der Waals surface area (Å²) in [6.07, 6.45) is 1.94. The number of aliphatic hydroxyl groups excluding tert-OH is 1. The van der Waals surface area contributed by atoms with Crippen molar-refractivity contribution in [1.29, 1.82) is 0 Å². The van der Waals surface area contributed by atoms with E-state index in [9.17, 15) is 5.11 Å². The molecule has 1 aliphatic rings. The highest BCUT2D eigenvalue weighted by atomic mass is 16.3. The Bertz CT molecular complexity index is 115. The highest BCUT2D eigenvalue weighted by Gasteiger charge is 2.17. The van der Waals surface area contributed by atoms with Crippen LogP contribution in [0, 0.1) is 0 Å². The van der Waals surface area contributed by atoms with E-state index >= 15 is 0 Å². The average Bonchev–Trinajstić information content (AvgIpc) is 1.85. The molecule has 0 unspecified atom stereocenters. The van der Waals surface area contributed by atoms with Crippen molar-refractivity contribution in [2.45, 2.75) is 31.9 Å².